The number of rotatable bonds is 8. The van der Waals surface area contributed by atoms with Crippen LogP contribution in [-0.2, 0) is 11.2 Å². The Hall–Kier alpha value is -3.11. The minimum atomic E-state index is -0.251. The van der Waals surface area contributed by atoms with Crippen molar-refractivity contribution in [1.29, 1.82) is 0 Å². The Kier molecular flexibility index (Phi) is 7.14. The van der Waals surface area contributed by atoms with Gasteiger partial charge >= 0.3 is 0 Å². The zero-order chi connectivity index (χ0) is 23.4. The number of fused-ring (bicyclic) bond motifs is 1. The van der Waals surface area contributed by atoms with Crippen LogP contribution in [0.1, 0.15) is 5.69 Å². The van der Waals surface area contributed by atoms with Gasteiger partial charge in [-0.3, -0.25) is 14.2 Å². The summed E-state index contributed by atoms with van der Waals surface area (Å²) in [5.41, 5.74) is 1.75. The van der Waals surface area contributed by atoms with E-state index in [0.29, 0.717) is 38.7 Å². The molecule has 0 saturated carbocycles. The topological polar surface area (TPSA) is 91.7 Å². The molecule has 172 valence electrons. The molecule has 10 heteroatoms. The average Bonchev–Trinajstić information content (AvgIpc) is 3.32. The van der Waals surface area contributed by atoms with Gasteiger partial charge in [0.25, 0.3) is 5.56 Å². The van der Waals surface area contributed by atoms with Gasteiger partial charge in [-0.05, 0) is 24.3 Å². The summed E-state index contributed by atoms with van der Waals surface area (Å²) in [7, 11) is 4.65. The summed E-state index contributed by atoms with van der Waals surface area (Å²) < 4.78 is 17.5. The van der Waals surface area contributed by atoms with Gasteiger partial charge in [-0.25, -0.2) is 4.98 Å². The third kappa shape index (κ3) is 4.81. The number of methoxy groups -OCH3 is 3. The van der Waals surface area contributed by atoms with Gasteiger partial charge in [-0.15, -0.1) is 11.8 Å². The fraction of sp³-hybridized carbons (Fsp3) is 0.261. The Bertz CT molecular complexity index is 1250. The van der Waals surface area contributed by atoms with E-state index < -0.39 is 0 Å². The summed E-state index contributed by atoms with van der Waals surface area (Å²) in [6.45, 7) is 0. The van der Waals surface area contributed by atoms with Gasteiger partial charge in [0.15, 0.2) is 5.16 Å². The Labute approximate surface area is 199 Å². The SMILES string of the molecule is COc1ccc(NC(=O)CSc2nc3c(c(=O)n2-c2ccccc2OC)SCC3)c(OC)c1. The van der Waals surface area contributed by atoms with Gasteiger partial charge in [0.1, 0.15) is 17.2 Å². The lowest BCUT2D eigenvalue weighted by Crippen LogP contribution is -2.25. The lowest BCUT2D eigenvalue weighted by molar-refractivity contribution is -0.113. The fourth-order valence-electron chi connectivity index (χ4n) is 3.43. The number of carbonyl (C=O) groups excluding carboxylic acids is 1. The van der Waals surface area contributed by atoms with Gasteiger partial charge in [-0.1, -0.05) is 23.9 Å². The minimum absolute atomic E-state index is 0.0582. The molecular formula is C23H23N3O5S2. The molecule has 1 aromatic heterocycles. The number of benzene rings is 2. The van der Waals surface area contributed by atoms with Crippen LogP contribution in [-0.4, -0.2) is 48.3 Å². The smallest absolute Gasteiger partial charge is 0.272 e. The normalized spacial score (nSPS) is 12.2. The molecule has 33 heavy (non-hydrogen) atoms. The first-order valence-electron chi connectivity index (χ1n) is 10.1. The highest BCUT2D eigenvalue weighted by molar-refractivity contribution is 8.00. The Morgan fingerprint density at radius 1 is 1.12 bits per heavy atom. The molecule has 1 aliphatic heterocycles. The first-order chi connectivity index (χ1) is 16.0. The van der Waals surface area contributed by atoms with E-state index in [1.165, 1.54) is 35.2 Å². The third-order valence-electron chi connectivity index (χ3n) is 5.01. The molecule has 1 aliphatic rings. The summed E-state index contributed by atoms with van der Waals surface area (Å²) in [5.74, 6) is 2.29. The van der Waals surface area contributed by atoms with Crippen molar-refractivity contribution in [2.75, 3.05) is 38.2 Å². The number of nitrogens with one attached hydrogen (secondary N) is 1. The highest BCUT2D eigenvalue weighted by Crippen LogP contribution is 2.33. The van der Waals surface area contributed by atoms with Crippen molar-refractivity contribution in [3.05, 3.63) is 58.5 Å². The molecule has 0 bridgehead atoms. The number of para-hydroxylation sites is 2. The van der Waals surface area contributed by atoms with Crippen molar-refractivity contribution in [2.24, 2.45) is 0 Å². The summed E-state index contributed by atoms with van der Waals surface area (Å²) in [4.78, 5) is 31.4. The van der Waals surface area contributed by atoms with E-state index in [4.69, 9.17) is 19.2 Å². The van der Waals surface area contributed by atoms with Crippen molar-refractivity contribution >= 4 is 35.1 Å². The quantitative estimate of drug-likeness (QED) is 0.382. The van der Waals surface area contributed by atoms with Crippen LogP contribution in [0.5, 0.6) is 17.2 Å². The molecule has 1 N–H and O–H groups in total. The van der Waals surface area contributed by atoms with Gasteiger partial charge in [0, 0.05) is 18.2 Å². The van der Waals surface area contributed by atoms with E-state index in [-0.39, 0.29) is 17.2 Å². The van der Waals surface area contributed by atoms with Crippen molar-refractivity contribution < 1.29 is 19.0 Å². The fourth-order valence-corrected chi connectivity index (χ4v) is 5.28. The van der Waals surface area contributed by atoms with Crippen molar-refractivity contribution in [1.82, 2.24) is 9.55 Å². The zero-order valence-electron chi connectivity index (χ0n) is 18.4. The molecule has 0 fully saturated rings. The monoisotopic (exact) mass is 485 g/mol. The maximum absolute atomic E-state index is 13.3. The van der Waals surface area contributed by atoms with Crippen molar-refractivity contribution in [2.45, 2.75) is 16.5 Å². The molecule has 4 rings (SSSR count). The second kappa shape index (κ2) is 10.2. The number of anilines is 1. The molecule has 0 radical (unpaired) electrons. The Morgan fingerprint density at radius 2 is 1.91 bits per heavy atom. The van der Waals surface area contributed by atoms with Gasteiger partial charge in [-0.2, -0.15) is 0 Å². The Balaban J connectivity index is 1.62. The minimum Gasteiger partial charge on any atom is -0.497 e. The lowest BCUT2D eigenvalue weighted by Gasteiger charge is -2.16. The highest BCUT2D eigenvalue weighted by atomic mass is 32.2. The van der Waals surface area contributed by atoms with Crippen LogP contribution in [0.2, 0.25) is 0 Å². The summed E-state index contributed by atoms with van der Waals surface area (Å²) in [6.07, 6.45) is 0.727. The molecule has 2 aromatic carbocycles. The van der Waals surface area contributed by atoms with Crippen LogP contribution in [0.15, 0.2) is 57.3 Å². The van der Waals surface area contributed by atoms with Crippen LogP contribution in [0.25, 0.3) is 5.69 Å². The molecule has 0 unspecified atom stereocenters. The predicted octanol–water partition coefficient (Wildman–Crippen LogP) is 3.64. The number of aromatic nitrogens is 2. The maximum atomic E-state index is 13.3. The molecular weight excluding hydrogens is 462 g/mol. The first kappa shape index (κ1) is 23.1. The first-order valence-corrected chi connectivity index (χ1v) is 12.1. The van der Waals surface area contributed by atoms with Crippen LogP contribution >= 0.6 is 23.5 Å². The van der Waals surface area contributed by atoms with Crippen LogP contribution in [0.3, 0.4) is 0 Å². The standard InChI is InChI=1S/C23H23N3O5S2/c1-29-14-8-9-15(19(12-14)31-3)24-20(27)13-33-23-25-16-10-11-32-21(16)22(28)26(23)17-6-4-5-7-18(17)30-2/h4-9,12H,10-11,13H2,1-3H3,(H,24,27). The number of amides is 1. The number of hydrogen-bond donors (Lipinski definition) is 1. The average molecular weight is 486 g/mol. The molecule has 0 aliphatic carbocycles. The molecule has 8 nitrogen and oxygen atoms in total. The van der Waals surface area contributed by atoms with Crippen molar-refractivity contribution in [3.63, 3.8) is 0 Å². The van der Waals surface area contributed by atoms with Crippen molar-refractivity contribution in [3.8, 4) is 22.9 Å². The van der Waals surface area contributed by atoms with Crippen LogP contribution in [0.4, 0.5) is 5.69 Å². The second-order valence-corrected chi connectivity index (χ2v) is 9.03. The third-order valence-corrected chi connectivity index (χ3v) is 7.05. The highest BCUT2D eigenvalue weighted by Gasteiger charge is 2.24. The number of aryl methyl sites for hydroxylation is 1. The van der Waals surface area contributed by atoms with Gasteiger partial charge < -0.3 is 19.5 Å². The summed E-state index contributed by atoms with van der Waals surface area (Å²) in [5, 5.41) is 3.29. The number of thioether (sulfide) groups is 2. The van der Waals surface area contributed by atoms with E-state index >= 15 is 0 Å². The van der Waals surface area contributed by atoms with Crippen LogP contribution < -0.4 is 25.1 Å². The largest absolute Gasteiger partial charge is 0.497 e. The molecule has 2 heterocycles. The summed E-state index contributed by atoms with van der Waals surface area (Å²) in [6, 6.07) is 12.4. The molecule has 0 atom stereocenters. The van der Waals surface area contributed by atoms with E-state index in [0.717, 1.165) is 17.9 Å². The van der Waals surface area contributed by atoms with E-state index in [9.17, 15) is 9.59 Å². The molecule has 1 amide bonds. The summed E-state index contributed by atoms with van der Waals surface area (Å²) >= 11 is 2.71. The molecule has 0 spiro atoms. The molecule has 3 aromatic rings. The number of carbonyl (C=O) groups is 1. The predicted molar refractivity (Wildman–Crippen MR) is 130 cm³/mol. The van der Waals surface area contributed by atoms with Gasteiger partial charge in [0.2, 0.25) is 5.91 Å². The van der Waals surface area contributed by atoms with Crippen LogP contribution in [0, 0.1) is 0 Å². The number of ether oxygens (including phenoxy) is 3. The molecule has 0 saturated heterocycles. The zero-order valence-corrected chi connectivity index (χ0v) is 20.0. The Morgan fingerprint density at radius 3 is 2.67 bits per heavy atom. The van der Waals surface area contributed by atoms with Gasteiger partial charge in [0.05, 0.1) is 49.0 Å². The number of hydrogen-bond acceptors (Lipinski definition) is 8. The van der Waals surface area contributed by atoms with E-state index in [1.54, 1.807) is 44.6 Å². The number of nitrogens with zero attached hydrogens (tertiary/aromatic N) is 2. The maximum Gasteiger partial charge on any atom is 0.272 e. The lowest BCUT2D eigenvalue weighted by atomic mass is 10.2. The van der Waals surface area contributed by atoms with E-state index in [2.05, 4.69) is 5.32 Å². The van der Waals surface area contributed by atoms with E-state index in [1.807, 2.05) is 12.1 Å². The second-order valence-electron chi connectivity index (χ2n) is 6.98.